The lowest BCUT2D eigenvalue weighted by Gasteiger charge is -2.16. The first-order valence-electron chi connectivity index (χ1n) is 13.4. The third-order valence-corrected chi connectivity index (χ3v) is 6.86. The van der Waals surface area contributed by atoms with E-state index in [1.54, 1.807) is 12.1 Å². The van der Waals surface area contributed by atoms with Crippen molar-refractivity contribution in [1.29, 1.82) is 0 Å². The molecular weight excluding hydrogens is 555 g/mol. The van der Waals surface area contributed by atoms with Crippen molar-refractivity contribution in [1.82, 2.24) is 5.32 Å². The van der Waals surface area contributed by atoms with Crippen molar-refractivity contribution >= 4 is 11.9 Å². The Morgan fingerprint density at radius 2 is 1.26 bits per heavy atom. The van der Waals surface area contributed by atoms with Crippen LogP contribution in [0.3, 0.4) is 0 Å². The fourth-order valence-electron chi connectivity index (χ4n) is 4.57. The van der Waals surface area contributed by atoms with Crippen LogP contribution in [0.2, 0.25) is 0 Å². The SMILES string of the molecule is O=C(NC(Cc1ccc(-c2ccccc2Oc2ccccc2)cc1)C(=O)O)c1ccc(-c2ccc(C(F)(F)F)cc2)cc1. The van der Waals surface area contributed by atoms with Gasteiger partial charge in [-0.25, -0.2) is 4.79 Å². The Kier molecular flexibility index (Phi) is 8.57. The summed E-state index contributed by atoms with van der Waals surface area (Å²) in [7, 11) is 0. The maximum Gasteiger partial charge on any atom is 0.416 e. The number of nitrogens with one attached hydrogen (secondary N) is 1. The number of carbonyl (C=O) groups is 2. The second kappa shape index (κ2) is 12.7. The highest BCUT2D eigenvalue weighted by Crippen LogP contribution is 2.34. The van der Waals surface area contributed by atoms with Gasteiger partial charge in [0.15, 0.2) is 0 Å². The largest absolute Gasteiger partial charge is 0.480 e. The molecule has 0 saturated carbocycles. The van der Waals surface area contributed by atoms with Crippen molar-refractivity contribution in [3.8, 4) is 33.8 Å². The zero-order chi connectivity index (χ0) is 30.4. The van der Waals surface area contributed by atoms with Crippen LogP contribution in [0.5, 0.6) is 11.5 Å². The number of benzene rings is 5. The molecule has 43 heavy (non-hydrogen) atoms. The first kappa shape index (κ1) is 29.1. The van der Waals surface area contributed by atoms with Crippen LogP contribution in [-0.2, 0) is 17.4 Å². The average molecular weight is 582 g/mol. The Balaban J connectivity index is 1.25. The lowest BCUT2D eigenvalue weighted by Crippen LogP contribution is -2.42. The molecule has 5 nitrogen and oxygen atoms in total. The summed E-state index contributed by atoms with van der Waals surface area (Å²) in [4.78, 5) is 24.9. The average Bonchev–Trinajstić information content (AvgIpc) is 3.01. The molecule has 1 atom stereocenters. The molecule has 5 rings (SSSR count). The summed E-state index contributed by atoms with van der Waals surface area (Å²) in [6.07, 6.45) is -4.36. The van der Waals surface area contributed by atoms with Crippen molar-refractivity contribution in [2.45, 2.75) is 18.6 Å². The summed E-state index contributed by atoms with van der Waals surface area (Å²) in [6.45, 7) is 0. The zero-order valence-electron chi connectivity index (χ0n) is 22.7. The second-order valence-corrected chi connectivity index (χ2v) is 9.83. The highest BCUT2D eigenvalue weighted by Gasteiger charge is 2.30. The molecule has 0 bridgehead atoms. The number of rotatable bonds is 9. The number of carbonyl (C=O) groups excluding carboxylic acids is 1. The Labute approximate surface area is 246 Å². The highest BCUT2D eigenvalue weighted by atomic mass is 19.4. The molecule has 1 unspecified atom stereocenters. The molecule has 216 valence electrons. The van der Waals surface area contributed by atoms with Gasteiger partial charge in [-0.05, 0) is 64.7 Å². The zero-order valence-corrected chi connectivity index (χ0v) is 22.7. The van der Waals surface area contributed by atoms with Gasteiger partial charge in [0.1, 0.15) is 17.5 Å². The maximum absolute atomic E-state index is 12.9. The molecule has 0 spiro atoms. The van der Waals surface area contributed by atoms with Crippen molar-refractivity contribution in [3.63, 3.8) is 0 Å². The van der Waals surface area contributed by atoms with Crippen LogP contribution in [0.1, 0.15) is 21.5 Å². The molecule has 5 aromatic rings. The highest BCUT2D eigenvalue weighted by molar-refractivity contribution is 5.97. The van der Waals surface area contributed by atoms with E-state index in [0.717, 1.165) is 28.8 Å². The van der Waals surface area contributed by atoms with Crippen molar-refractivity contribution in [3.05, 3.63) is 144 Å². The van der Waals surface area contributed by atoms with Gasteiger partial charge < -0.3 is 15.2 Å². The van der Waals surface area contributed by atoms with Gasteiger partial charge in [-0.3, -0.25) is 4.79 Å². The van der Waals surface area contributed by atoms with Crippen LogP contribution in [0.25, 0.3) is 22.3 Å². The monoisotopic (exact) mass is 581 g/mol. The number of aliphatic carboxylic acids is 1. The van der Waals surface area contributed by atoms with E-state index in [4.69, 9.17) is 4.74 Å². The number of hydrogen-bond donors (Lipinski definition) is 2. The van der Waals surface area contributed by atoms with Crippen molar-refractivity contribution in [2.75, 3.05) is 0 Å². The molecular formula is C35H26F3NO4. The van der Waals surface area contributed by atoms with Gasteiger partial charge in [0, 0.05) is 17.5 Å². The van der Waals surface area contributed by atoms with Gasteiger partial charge in [-0.15, -0.1) is 0 Å². The summed E-state index contributed by atoms with van der Waals surface area (Å²) in [6, 6.07) is 34.2. The smallest absolute Gasteiger partial charge is 0.416 e. The fourth-order valence-corrected chi connectivity index (χ4v) is 4.57. The van der Waals surface area contributed by atoms with Gasteiger partial charge >= 0.3 is 12.1 Å². The molecule has 0 saturated heterocycles. The van der Waals surface area contributed by atoms with E-state index >= 15 is 0 Å². The number of halogens is 3. The van der Waals surface area contributed by atoms with E-state index in [0.29, 0.717) is 22.6 Å². The molecule has 0 aromatic heterocycles. The molecule has 0 heterocycles. The first-order chi connectivity index (χ1) is 20.7. The summed E-state index contributed by atoms with van der Waals surface area (Å²) in [5, 5.41) is 12.4. The Morgan fingerprint density at radius 1 is 0.698 bits per heavy atom. The van der Waals surface area contributed by atoms with E-state index in [-0.39, 0.29) is 12.0 Å². The first-order valence-corrected chi connectivity index (χ1v) is 13.4. The van der Waals surface area contributed by atoms with Crippen molar-refractivity contribution < 1.29 is 32.6 Å². The van der Waals surface area contributed by atoms with Crippen LogP contribution < -0.4 is 10.1 Å². The predicted octanol–water partition coefficient (Wildman–Crippen LogP) is 8.26. The summed E-state index contributed by atoms with van der Waals surface area (Å²) in [5.41, 5.74) is 3.14. The summed E-state index contributed by atoms with van der Waals surface area (Å²) < 4.78 is 44.6. The molecule has 5 aromatic carbocycles. The van der Waals surface area contributed by atoms with Gasteiger partial charge in [-0.1, -0.05) is 84.9 Å². The van der Waals surface area contributed by atoms with Crippen LogP contribution in [0.4, 0.5) is 13.2 Å². The lowest BCUT2D eigenvalue weighted by molar-refractivity contribution is -0.139. The number of alkyl halides is 3. The number of hydrogen-bond acceptors (Lipinski definition) is 3. The minimum Gasteiger partial charge on any atom is -0.480 e. The van der Waals surface area contributed by atoms with Crippen LogP contribution >= 0.6 is 0 Å². The van der Waals surface area contributed by atoms with E-state index < -0.39 is 29.7 Å². The van der Waals surface area contributed by atoms with Gasteiger partial charge in [-0.2, -0.15) is 13.2 Å². The third-order valence-electron chi connectivity index (χ3n) is 6.86. The van der Waals surface area contributed by atoms with Crippen molar-refractivity contribution in [2.24, 2.45) is 0 Å². The minimum absolute atomic E-state index is 0.0627. The van der Waals surface area contributed by atoms with Gasteiger partial charge in [0.2, 0.25) is 0 Å². The van der Waals surface area contributed by atoms with Crippen LogP contribution in [-0.4, -0.2) is 23.0 Å². The van der Waals surface area contributed by atoms with E-state index in [2.05, 4.69) is 5.32 Å². The molecule has 0 fully saturated rings. The molecule has 2 N–H and O–H groups in total. The van der Waals surface area contributed by atoms with Crippen LogP contribution in [0, 0.1) is 0 Å². The topological polar surface area (TPSA) is 75.6 Å². The van der Waals surface area contributed by atoms with E-state index in [1.165, 1.54) is 24.3 Å². The normalized spacial score (nSPS) is 11.9. The number of carboxylic acid groups (broad SMARTS) is 1. The number of carboxylic acids is 1. The molecule has 8 heteroatoms. The Hall–Kier alpha value is -5.37. The van der Waals surface area contributed by atoms with Gasteiger partial charge in [0.25, 0.3) is 5.91 Å². The van der Waals surface area contributed by atoms with Crippen LogP contribution in [0.15, 0.2) is 127 Å². The Bertz CT molecular complexity index is 1700. The molecule has 1 amide bonds. The summed E-state index contributed by atoms with van der Waals surface area (Å²) >= 11 is 0. The number of para-hydroxylation sites is 2. The van der Waals surface area contributed by atoms with E-state index in [9.17, 15) is 27.9 Å². The third kappa shape index (κ3) is 7.29. The molecule has 0 aliphatic rings. The lowest BCUT2D eigenvalue weighted by atomic mass is 9.99. The predicted molar refractivity (Wildman–Crippen MR) is 158 cm³/mol. The standard InChI is InChI=1S/C35H26F3NO4/c36-35(37,38)28-20-18-25(19-21-28)24-14-16-27(17-15-24)33(40)39-31(34(41)42)22-23-10-12-26(13-11-23)30-8-4-5-9-32(30)43-29-6-2-1-3-7-29/h1-21,31H,22H2,(H,39,40)(H,41,42). The number of amides is 1. The number of ether oxygens (including phenoxy) is 1. The summed E-state index contributed by atoms with van der Waals surface area (Å²) in [5.74, 6) is -0.363. The minimum atomic E-state index is -4.42. The van der Waals surface area contributed by atoms with E-state index in [1.807, 2.05) is 78.9 Å². The molecule has 0 aliphatic heterocycles. The maximum atomic E-state index is 12.9. The quantitative estimate of drug-likeness (QED) is 0.184. The Morgan fingerprint density at radius 3 is 1.86 bits per heavy atom. The molecule has 0 radical (unpaired) electrons. The molecule has 0 aliphatic carbocycles. The van der Waals surface area contributed by atoms with Gasteiger partial charge in [0.05, 0.1) is 5.56 Å². The fraction of sp³-hybridized carbons (Fsp3) is 0.0857. The second-order valence-electron chi connectivity index (χ2n) is 9.83.